The lowest BCUT2D eigenvalue weighted by Gasteiger charge is -2.34. The summed E-state index contributed by atoms with van der Waals surface area (Å²) in [5, 5.41) is 2.84. The van der Waals surface area contributed by atoms with Crippen LogP contribution in [0.1, 0.15) is 18.4 Å². The Balaban J connectivity index is 1.47. The van der Waals surface area contributed by atoms with Crippen LogP contribution in [0.25, 0.3) is 0 Å². The maximum Gasteiger partial charge on any atom is 0.232 e. The van der Waals surface area contributed by atoms with Gasteiger partial charge in [0, 0.05) is 57.4 Å². The second-order valence-electron chi connectivity index (χ2n) is 8.27. The fraction of sp³-hybridized carbons (Fsp3) is 0.435. The van der Waals surface area contributed by atoms with E-state index >= 15 is 0 Å². The van der Waals surface area contributed by atoms with Gasteiger partial charge in [-0.25, -0.2) is 17.2 Å². The van der Waals surface area contributed by atoms with Crippen LogP contribution >= 0.6 is 0 Å². The van der Waals surface area contributed by atoms with Gasteiger partial charge in [-0.15, -0.1) is 0 Å². The minimum Gasteiger partial charge on any atom is -0.369 e. The number of rotatable bonds is 9. The highest BCUT2D eigenvalue weighted by atomic mass is 32.2. The van der Waals surface area contributed by atoms with E-state index in [1.807, 2.05) is 12.1 Å². The Kier molecular flexibility index (Phi) is 8.25. The van der Waals surface area contributed by atoms with Gasteiger partial charge in [-0.3, -0.25) is 9.10 Å². The van der Waals surface area contributed by atoms with Crippen LogP contribution in [0, 0.1) is 11.6 Å². The summed E-state index contributed by atoms with van der Waals surface area (Å²) in [7, 11) is -1.60. The van der Waals surface area contributed by atoms with Crippen molar-refractivity contribution in [3.05, 3.63) is 59.7 Å². The number of benzene rings is 2. The third-order valence-corrected chi connectivity index (χ3v) is 6.85. The summed E-state index contributed by atoms with van der Waals surface area (Å²) in [6.07, 6.45) is 1.33. The molecule has 3 rings (SSSR count). The molecule has 1 fully saturated rings. The fourth-order valence-electron chi connectivity index (χ4n) is 3.69. The molecule has 1 aliphatic rings. The van der Waals surface area contributed by atoms with Crippen molar-refractivity contribution in [3.63, 3.8) is 0 Å². The molecule has 0 radical (unpaired) electrons. The van der Waals surface area contributed by atoms with Gasteiger partial charge in [-0.05, 0) is 43.3 Å². The number of nitrogens with one attached hydrogen (secondary N) is 1. The summed E-state index contributed by atoms with van der Waals surface area (Å²) < 4.78 is 51.8. The average Bonchev–Trinajstić information content (AvgIpc) is 2.77. The first-order valence-corrected chi connectivity index (χ1v) is 12.7. The van der Waals surface area contributed by atoms with Crippen LogP contribution in [-0.2, 0) is 21.4 Å². The van der Waals surface area contributed by atoms with Crippen LogP contribution in [-0.4, -0.2) is 65.3 Å². The molecule has 0 spiro atoms. The van der Waals surface area contributed by atoms with E-state index in [0.29, 0.717) is 6.54 Å². The van der Waals surface area contributed by atoms with Crippen LogP contribution in [0.3, 0.4) is 0 Å². The zero-order valence-corrected chi connectivity index (χ0v) is 19.7. The van der Waals surface area contributed by atoms with Crippen molar-refractivity contribution in [3.8, 4) is 0 Å². The van der Waals surface area contributed by atoms with E-state index in [4.69, 9.17) is 0 Å². The molecule has 0 atom stereocenters. The highest BCUT2D eigenvalue weighted by molar-refractivity contribution is 7.92. The molecule has 180 valence electrons. The first-order chi connectivity index (χ1) is 15.6. The Morgan fingerprint density at radius 1 is 1.03 bits per heavy atom. The second kappa shape index (κ2) is 10.9. The SMILES string of the molecule is CN1CCN(c2ccc(CNC(=O)CCCN(c3ccc(F)c(F)c3)S(C)(=O)=O)cc2)CC1. The normalized spacial score (nSPS) is 14.8. The maximum absolute atomic E-state index is 13.5. The number of nitrogens with zero attached hydrogens (tertiary/aromatic N) is 3. The van der Waals surface area contributed by atoms with E-state index in [9.17, 15) is 22.0 Å². The van der Waals surface area contributed by atoms with Crippen molar-refractivity contribution < 1.29 is 22.0 Å². The van der Waals surface area contributed by atoms with E-state index in [0.717, 1.165) is 60.1 Å². The van der Waals surface area contributed by atoms with Gasteiger partial charge in [-0.1, -0.05) is 12.1 Å². The molecule has 0 unspecified atom stereocenters. The van der Waals surface area contributed by atoms with Crippen molar-refractivity contribution in [2.75, 3.05) is 55.2 Å². The van der Waals surface area contributed by atoms with E-state index in [1.165, 1.54) is 6.07 Å². The highest BCUT2D eigenvalue weighted by Crippen LogP contribution is 2.21. The van der Waals surface area contributed by atoms with Crippen molar-refractivity contribution in [2.24, 2.45) is 0 Å². The monoisotopic (exact) mass is 480 g/mol. The number of amides is 1. The lowest BCUT2D eigenvalue weighted by Crippen LogP contribution is -2.44. The summed E-state index contributed by atoms with van der Waals surface area (Å²) in [5.74, 6) is -2.39. The maximum atomic E-state index is 13.5. The third-order valence-electron chi connectivity index (χ3n) is 5.65. The molecule has 1 N–H and O–H groups in total. The lowest BCUT2D eigenvalue weighted by atomic mass is 10.1. The molecule has 1 heterocycles. The quantitative estimate of drug-likeness (QED) is 0.597. The van der Waals surface area contributed by atoms with E-state index in [2.05, 4.69) is 34.3 Å². The number of sulfonamides is 1. The van der Waals surface area contributed by atoms with Gasteiger partial charge in [0.2, 0.25) is 15.9 Å². The zero-order valence-electron chi connectivity index (χ0n) is 18.9. The minimum absolute atomic E-state index is 0.0168. The second-order valence-corrected chi connectivity index (χ2v) is 10.2. The van der Waals surface area contributed by atoms with Crippen LogP contribution in [0.5, 0.6) is 0 Å². The molecule has 0 aromatic heterocycles. The van der Waals surface area contributed by atoms with Crippen molar-refractivity contribution >= 4 is 27.3 Å². The van der Waals surface area contributed by atoms with Crippen LogP contribution < -0.4 is 14.5 Å². The number of hydrogen-bond donors (Lipinski definition) is 1. The minimum atomic E-state index is -3.71. The summed E-state index contributed by atoms with van der Waals surface area (Å²) in [4.78, 5) is 16.9. The Bertz CT molecular complexity index is 1060. The Morgan fingerprint density at radius 3 is 2.30 bits per heavy atom. The smallest absolute Gasteiger partial charge is 0.232 e. The van der Waals surface area contributed by atoms with Gasteiger partial charge in [-0.2, -0.15) is 0 Å². The number of anilines is 2. The average molecular weight is 481 g/mol. The summed E-state index contributed by atoms with van der Waals surface area (Å²) in [6.45, 7) is 4.40. The number of likely N-dealkylation sites (N-methyl/N-ethyl adjacent to an activating group) is 1. The molecular formula is C23H30F2N4O3S. The van der Waals surface area contributed by atoms with Crippen molar-refractivity contribution in [1.82, 2.24) is 10.2 Å². The van der Waals surface area contributed by atoms with Gasteiger partial charge in [0.05, 0.1) is 11.9 Å². The van der Waals surface area contributed by atoms with E-state index < -0.39 is 21.7 Å². The number of carbonyl (C=O) groups is 1. The first kappa shape index (κ1) is 24.9. The van der Waals surface area contributed by atoms with Gasteiger partial charge >= 0.3 is 0 Å². The standard InChI is InChI=1S/C23H30F2N4O3S/c1-27-12-14-28(15-13-27)19-7-5-18(6-8-19)17-26-23(30)4-3-11-29(33(2,31)32)20-9-10-21(24)22(25)16-20/h5-10,16H,3-4,11-15,17H2,1-2H3,(H,26,30). The largest absolute Gasteiger partial charge is 0.369 e. The third kappa shape index (κ3) is 7.13. The molecule has 2 aromatic carbocycles. The molecule has 0 bridgehead atoms. The van der Waals surface area contributed by atoms with Gasteiger partial charge in [0.1, 0.15) is 0 Å². The molecule has 33 heavy (non-hydrogen) atoms. The predicted octanol–water partition coefficient (Wildman–Crippen LogP) is 2.58. The Hall–Kier alpha value is -2.72. The van der Waals surface area contributed by atoms with E-state index in [1.54, 1.807) is 0 Å². The number of piperazine rings is 1. The molecule has 2 aromatic rings. The van der Waals surface area contributed by atoms with Crippen molar-refractivity contribution in [2.45, 2.75) is 19.4 Å². The molecule has 1 aliphatic heterocycles. The topological polar surface area (TPSA) is 73.0 Å². The highest BCUT2D eigenvalue weighted by Gasteiger charge is 2.19. The molecular weight excluding hydrogens is 450 g/mol. The lowest BCUT2D eigenvalue weighted by molar-refractivity contribution is -0.121. The molecule has 10 heteroatoms. The number of hydrogen-bond acceptors (Lipinski definition) is 5. The Morgan fingerprint density at radius 2 is 1.70 bits per heavy atom. The fourth-order valence-corrected chi connectivity index (χ4v) is 4.65. The molecule has 0 aliphatic carbocycles. The van der Waals surface area contributed by atoms with Gasteiger partial charge in [0.25, 0.3) is 0 Å². The summed E-state index contributed by atoms with van der Waals surface area (Å²) >= 11 is 0. The van der Waals surface area contributed by atoms with Crippen LogP contribution in [0.15, 0.2) is 42.5 Å². The van der Waals surface area contributed by atoms with Crippen LogP contribution in [0.2, 0.25) is 0 Å². The summed E-state index contributed by atoms with van der Waals surface area (Å²) in [6, 6.07) is 11.0. The molecule has 7 nitrogen and oxygen atoms in total. The molecule has 0 saturated carbocycles. The molecule has 1 amide bonds. The zero-order chi connectivity index (χ0) is 24.0. The Labute approximate surface area is 194 Å². The molecule has 1 saturated heterocycles. The predicted molar refractivity (Wildman–Crippen MR) is 126 cm³/mol. The number of carbonyl (C=O) groups excluding carboxylic acids is 1. The first-order valence-electron chi connectivity index (χ1n) is 10.9. The van der Waals surface area contributed by atoms with Gasteiger partial charge < -0.3 is 15.1 Å². The van der Waals surface area contributed by atoms with Crippen LogP contribution in [0.4, 0.5) is 20.2 Å². The number of halogens is 2. The summed E-state index contributed by atoms with van der Waals surface area (Å²) in [5.41, 5.74) is 2.16. The van der Waals surface area contributed by atoms with Gasteiger partial charge in [0.15, 0.2) is 11.6 Å². The van der Waals surface area contributed by atoms with Crippen molar-refractivity contribution in [1.29, 1.82) is 0 Å². The van der Waals surface area contributed by atoms with E-state index in [-0.39, 0.29) is 31.0 Å².